The van der Waals surface area contributed by atoms with Crippen molar-refractivity contribution in [3.63, 3.8) is 0 Å². The van der Waals surface area contributed by atoms with E-state index in [4.69, 9.17) is 5.14 Å². The van der Waals surface area contributed by atoms with Crippen LogP contribution < -0.4 is 5.14 Å². The Morgan fingerprint density at radius 3 is 2.73 bits per heavy atom. The molecule has 0 aromatic carbocycles. The van der Waals surface area contributed by atoms with Crippen LogP contribution in [0.2, 0.25) is 0 Å². The zero-order chi connectivity index (χ0) is 8.48. The number of nitrogens with one attached hydrogen (secondary N) is 1. The monoisotopic (exact) mass is 175 g/mol. The fourth-order valence-electron chi connectivity index (χ4n) is 0.670. The summed E-state index contributed by atoms with van der Waals surface area (Å²) in [6, 6.07) is 1.58. The Morgan fingerprint density at radius 2 is 2.36 bits per heavy atom. The first-order valence-electron chi connectivity index (χ1n) is 3.02. The number of rotatable bonds is 2. The Kier molecular flexibility index (Phi) is 1.97. The van der Waals surface area contributed by atoms with Gasteiger partial charge in [0.1, 0.15) is 5.25 Å². The van der Waals surface area contributed by atoms with Crippen LogP contribution in [-0.2, 0) is 10.0 Å². The molecule has 0 bridgehead atoms. The molecule has 0 saturated carbocycles. The Balaban J connectivity index is 2.97. The second-order valence-electron chi connectivity index (χ2n) is 2.24. The second kappa shape index (κ2) is 2.63. The molecule has 62 valence electrons. The maximum atomic E-state index is 10.8. The SMILES string of the molecule is CC(c1ccn[nH]1)S(N)(=O)=O. The molecule has 11 heavy (non-hydrogen) atoms. The van der Waals surface area contributed by atoms with Gasteiger partial charge in [-0.05, 0) is 13.0 Å². The largest absolute Gasteiger partial charge is 0.281 e. The van der Waals surface area contributed by atoms with E-state index in [2.05, 4.69) is 10.2 Å². The maximum Gasteiger partial charge on any atom is 0.217 e. The van der Waals surface area contributed by atoms with Gasteiger partial charge in [-0.2, -0.15) is 5.10 Å². The lowest BCUT2D eigenvalue weighted by atomic mass is 10.3. The van der Waals surface area contributed by atoms with Crippen LogP contribution in [0.1, 0.15) is 17.9 Å². The molecule has 0 aliphatic carbocycles. The lowest BCUT2D eigenvalue weighted by molar-refractivity contribution is 0.586. The van der Waals surface area contributed by atoms with E-state index in [9.17, 15) is 8.42 Å². The van der Waals surface area contributed by atoms with E-state index in [0.717, 1.165) is 0 Å². The van der Waals surface area contributed by atoms with Crippen LogP contribution >= 0.6 is 0 Å². The molecular weight excluding hydrogens is 166 g/mol. The van der Waals surface area contributed by atoms with Crippen molar-refractivity contribution < 1.29 is 8.42 Å². The average molecular weight is 175 g/mol. The highest BCUT2D eigenvalue weighted by atomic mass is 32.2. The standard InChI is InChI=1S/C5H9N3O2S/c1-4(11(6,9)10)5-2-3-7-8-5/h2-4H,1H3,(H,7,8)(H2,6,9,10). The highest BCUT2D eigenvalue weighted by molar-refractivity contribution is 7.89. The molecule has 5 nitrogen and oxygen atoms in total. The number of aromatic nitrogens is 2. The fourth-order valence-corrected chi connectivity index (χ4v) is 1.16. The Bertz CT molecular complexity index is 316. The molecule has 0 saturated heterocycles. The highest BCUT2D eigenvalue weighted by Gasteiger charge is 2.18. The first-order valence-corrected chi connectivity index (χ1v) is 4.63. The summed E-state index contributed by atoms with van der Waals surface area (Å²) >= 11 is 0. The van der Waals surface area contributed by atoms with E-state index in [1.807, 2.05) is 0 Å². The Morgan fingerprint density at radius 1 is 1.73 bits per heavy atom. The second-order valence-corrected chi connectivity index (χ2v) is 4.13. The molecule has 1 heterocycles. The average Bonchev–Trinajstić information content (AvgIpc) is 2.34. The molecule has 1 unspecified atom stereocenters. The summed E-state index contributed by atoms with van der Waals surface area (Å²) in [4.78, 5) is 0. The summed E-state index contributed by atoms with van der Waals surface area (Å²) in [5.74, 6) is 0. The zero-order valence-corrected chi connectivity index (χ0v) is 6.80. The summed E-state index contributed by atoms with van der Waals surface area (Å²) in [6.07, 6.45) is 1.48. The van der Waals surface area contributed by atoms with Crippen molar-refractivity contribution in [2.24, 2.45) is 5.14 Å². The maximum absolute atomic E-state index is 10.8. The van der Waals surface area contributed by atoms with Crippen LogP contribution in [0.3, 0.4) is 0 Å². The minimum atomic E-state index is -3.50. The van der Waals surface area contributed by atoms with Crippen molar-refractivity contribution in [2.75, 3.05) is 0 Å². The summed E-state index contributed by atoms with van der Waals surface area (Å²) in [5.41, 5.74) is 0.507. The van der Waals surface area contributed by atoms with Crippen LogP contribution in [-0.4, -0.2) is 18.6 Å². The van der Waals surface area contributed by atoms with Gasteiger partial charge in [0.25, 0.3) is 0 Å². The molecule has 1 atom stereocenters. The van der Waals surface area contributed by atoms with Crippen LogP contribution in [0.25, 0.3) is 0 Å². The first kappa shape index (κ1) is 8.22. The lowest BCUT2D eigenvalue weighted by Gasteiger charge is -2.04. The lowest BCUT2D eigenvalue weighted by Crippen LogP contribution is -2.19. The third-order valence-corrected chi connectivity index (χ3v) is 2.69. The third-order valence-electron chi connectivity index (χ3n) is 1.45. The molecule has 1 rings (SSSR count). The third kappa shape index (κ3) is 1.78. The molecule has 0 spiro atoms. The normalized spacial score (nSPS) is 14.7. The predicted octanol–water partition coefficient (Wildman–Crippen LogP) is -0.241. The quantitative estimate of drug-likeness (QED) is 0.650. The molecule has 0 radical (unpaired) electrons. The zero-order valence-electron chi connectivity index (χ0n) is 5.98. The molecule has 6 heteroatoms. The topological polar surface area (TPSA) is 88.8 Å². The van der Waals surface area contributed by atoms with Gasteiger partial charge in [-0.1, -0.05) is 0 Å². The summed E-state index contributed by atoms with van der Waals surface area (Å²) in [5, 5.41) is 10.3. The highest BCUT2D eigenvalue weighted by Crippen LogP contribution is 2.15. The summed E-state index contributed by atoms with van der Waals surface area (Å²) < 4.78 is 21.5. The van der Waals surface area contributed by atoms with Crippen molar-refractivity contribution in [1.82, 2.24) is 10.2 Å². The van der Waals surface area contributed by atoms with Crippen LogP contribution in [0.15, 0.2) is 12.3 Å². The van der Waals surface area contributed by atoms with E-state index in [0.29, 0.717) is 5.69 Å². The van der Waals surface area contributed by atoms with Crippen molar-refractivity contribution in [3.8, 4) is 0 Å². The predicted molar refractivity (Wildman–Crippen MR) is 40.1 cm³/mol. The van der Waals surface area contributed by atoms with Gasteiger partial charge in [-0.25, -0.2) is 13.6 Å². The van der Waals surface area contributed by atoms with Crippen molar-refractivity contribution in [1.29, 1.82) is 0 Å². The van der Waals surface area contributed by atoms with Crippen LogP contribution in [0, 0.1) is 0 Å². The molecular formula is C5H9N3O2S. The molecule has 0 aliphatic heterocycles. The van der Waals surface area contributed by atoms with Crippen LogP contribution in [0.4, 0.5) is 0 Å². The molecule has 0 amide bonds. The number of primary sulfonamides is 1. The number of nitrogens with two attached hydrogens (primary N) is 1. The molecule has 0 aliphatic rings. The van der Waals surface area contributed by atoms with Gasteiger partial charge in [-0.15, -0.1) is 0 Å². The van der Waals surface area contributed by atoms with Gasteiger partial charge in [0.2, 0.25) is 10.0 Å². The van der Waals surface area contributed by atoms with Gasteiger partial charge in [-0.3, -0.25) is 5.10 Å². The smallest absolute Gasteiger partial charge is 0.217 e. The molecule has 0 fully saturated rings. The number of sulfonamides is 1. The van der Waals surface area contributed by atoms with Crippen molar-refractivity contribution in [2.45, 2.75) is 12.2 Å². The molecule has 1 aromatic heterocycles. The number of hydrogen-bond donors (Lipinski definition) is 2. The number of nitrogens with zero attached hydrogens (tertiary/aromatic N) is 1. The number of H-pyrrole nitrogens is 1. The van der Waals surface area contributed by atoms with Gasteiger partial charge in [0.15, 0.2) is 0 Å². The van der Waals surface area contributed by atoms with Gasteiger partial charge < -0.3 is 0 Å². The van der Waals surface area contributed by atoms with Gasteiger partial charge >= 0.3 is 0 Å². The number of hydrogen-bond acceptors (Lipinski definition) is 3. The van der Waals surface area contributed by atoms with E-state index in [1.165, 1.54) is 13.1 Å². The fraction of sp³-hybridized carbons (Fsp3) is 0.400. The van der Waals surface area contributed by atoms with E-state index >= 15 is 0 Å². The first-order chi connectivity index (χ1) is 5.02. The number of aromatic amines is 1. The van der Waals surface area contributed by atoms with E-state index in [-0.39, 0.29) is 0 Å². The van der Waals surface area contributed by atoms with Gasteiger partial charge in [0, 0.05) is 6.20 Å². The minimum Gasteiger partial charge on any atom is -0.281 e. The van der Waals surface area contributed by atoms with E-state index in [1.54, 1.807) is 6.07 Å². The molecule has 3 N–H and O–H groups in total. The molecule has 1 aromatic rings. The minimum absolute atomic E-state index is 0.507. The summed E-state index contributed by atoms with van der Waals surface area (Å²) in [6.45, 7) is 1.50. The Labute approximate surface area is 64.7 Å². The van der Waals surface area contributed by atoms with Crippen molar-refractivity contribution >= 4 is 10.0 Å². The van der Waals surface area contributed by atoms with E-state index < -0.39 is 15.3 Å². The van der Waals surface area contributed by atoms with Crippen molar-refractivity contribution in [3.05, 3.63) is 18.0 Å². The Hall–Kier alpha value is -0.880. The summed E-state index contributed by atoms with van der Waals surface area (Å²) in [7, 11) is -3.50. The van der Waals surface area contributed by atoms with Crippen LogP contribution in [0.5, 0.6) is 0 Å². The van der Waals surface area contributed by atoms with Gasteiger partial charge in [0.05, 0.1) is 5.69 Å².